The molecule has 2 aliphatic rings. The molecule has 2 saturated heterocycles. The van der Waals surface area contributed by atoms with Crippen LogP contribution in [0.2, 0.25) is 5.02 Å². The molecule has 0 aliphatic carbocycles. The Bertz CT molecular complexity index is 1640. The lowest BCUT2D eigenvalue weighted by Gasteiger charge is -2.43. The molecule has 1 aromatic carbocycles. The van der Waals surface area contributed by atoms with Crippen molar-refractivity contribution in [3.05, 3.63) is 51.9 Å². The molecule has 2 aliphatic heterocycles. The van der Waals surface area contributed by atoms with Crippen LogP contribution in [0, 0.1) is 5.92 Å². The van der Waals surface area contributed by atoms with Crippen LogP contribution in [0.4, 0.5) is 5.82 Å². The minimum absolute atomic E-state index is 0.0307. The first-order valence-electron chi connectivity index (χ1n) is 14.2. The van der Waals surface area contributed by atoms with Gasteiger partial charge in [-0.25, -0.2) is 13.1 Å². The van der Waals surface area contributed by atoms with Crippen molar-refractivity contribution in [3.63, 3.8) is 0 Å². The average Bonchev–Trinajstić information content (AvgIpc) is 3.36. The number of piperazine rings is 1. The molecule has 2 fully saturated rings. The third-order valence-electron chi connectivity index (χ3n) is 8.33. The number of H-pyrrole nitrogens is 1. The number of carbonyl (C=O) groups excluding carboxylic acids is 2. The second-order valence-electron chi connectivity index (χ2n) is 10.8. The van der Waals surface area contributed by atoms with Gasteiger partial charge in [0.25, 0.3) is 5.56 Å². The zero-order valence-electron chi connectivity index (χ0n) is 24.0. The first-order valence-corrected chi connectivity index (χ1v) is 16.0. The summed E-state index contributed by atoms with van der Waals surface area (Å²) in [6.45, 7) is 5.94. The molecule has 4 heterocycles. The lowest BCUT2D eigenvalue weighted by Crippen LogP contribution is -2.63. The Hall–Kier alpha value is -3.42. The van der Waals surface area contributed by atoms with E-state index in [2.05, 4.69) is 15.0 Å². The Balaban J connectivity index is 1.35. The molecule has 14 heteroatoms. The number of piperidine rings is 1. The Labute approximate surface area is 249 Å². The highest BCUT2D eigenvalue weighted by molar-refractivity contribution is 7.89. The maximum atomic E-state index is 13.7. The molecule has 0 spiro atoms. The van der Waals surface area contributed by atoms with Crippen LogP contribution in [0.3, 0.4) is 0 Å². The van der Waals surface area contributed by atoms with Gasteiger partial charge < -0.3 is 19.7 Å². The predicted molar refractivity (Wildman–Crippen MR) is 160 cm³/mol. The lowest BCUT2D eigenvalue weighted by atomic mass is 9.95. The van der Waals surface area contributed by atoms with E-state index in [9.17, 15) is 22.8 Å². The quantitative estimate of drug-likeness (QED) is 0.408. The number of fused-ring (bicyclic) bond motifs is 1. The van der Waals surface area contributed by atoms with Gasteiger partial charge in [-0.1, -0.05) is 11.6 Å². The maximum absolute atomic E-state index is 13.7. The van der Waals surface area contributed by atoms with Crippen LogP contribution in [-0.2, 0) is 26.7 Å². The maximum Gasteiger partial charge on any atom is 0.266 e. The van der Waals surface area contributed by atoms with E-state index >= 15 is 0 Å². The first kappa shape index (κ1) is 30.1. The molecule has 5 rings (SSSR count). The highest BCUT2D eigenvalue weighted by Gasteiger charge is 2.43. The van der Waals surface area contributed by atoms with Crippen molar-refractivity contribution in [3.8, 4) is 0 Å². The number of hydrogen-bond donors (Lipinski definition) is 1. The number of likely N-dealkylation sites (N-methyl/N-ethyl adjacent to an activating group) is 1. The average molecular weight is 618 g/mol. The van der Waals surface area contributed by atoms with Crippen molar-refractivity contribution >= 4 is 50.2 Å². The highest BCUT2D eigenvalue weighted by Crippen LogP contribution is 2.29. The number of benzene rings is 1. The Morgan fingerprint density at radius 3 is 2.50 bits per heavy atom. The van der Waals surface area contributed by atoms with Crippen LogP contribution < -0.4 is 10.5 Å². The highest BCUT2D eigenvalue weighted by atomic mass is 35.5. The van der Waals surface area contributed by atoms with Gasteiger partial charge in [0.2, 0.25) is 21.8 Å². The van der Waals surface area contributed by atoms with Gasteiger partial charge in [-0.2, -0.15) is 9.40 Å². The number of hydrogen-bond acceptors (Lipinski definition) is 7. The number of amides is 2. The third-order valence-corrected chi connectivity index (χ3v) is 10.4. The van der Waals surface area contributed by atoms with Crippen LogP contribution in [0.5, 0.6) is 0 Å². The van der Waals surface area contributed by atoms with E-state index in [4.69, 9.17) is 11.6 Å². The van der Waals surface area contributed by atoms with E-state index in [1.165, 1.54) is 22.9 Å². The molecular weight excluding hydrogens is 582 g/mol. The van der Waals surface area contributed by atoms with Crippen molar-refractivity contribution in [2.24, 2.45) is 13.0 Å². The number of aromatic amines is 1. The smallest absolute Gasteiger partial charge is 0.266 e. The largest absolute Gasteiger partial charge is 0.360 e. The summed E-state index contributed by atoms with van der Waals surface area (Å²) in [5.74, 6) is 0.209. The summed E-state index contributed by atoms with van der Waals surface area (Å²) < 4.78 is 29.9. The molecule has 1 unspecified atom stereocenters. The van der Waals surface area contributed by atoms with Gasteiger partial charge in [0, 0.05) is 69.5 Å². The predicted octanol–water partition coefficient (Wildman–Crippen LogP) is 1.90. The normalized spacial score (nSPS) is 19.0. The van der Waals surface area contributed by atoms with Crippen molar-refractivity contribution < 1.29 is 18.0 Å². The summed E-state index contributed by atoms with van der Waals surface area (Å²) in [6, 6.07) is 6.90. The molecule has 3 aromatic rings. The number of anilines is 1. The minimum Gasteiger partial charge on any atom is -0.360 e. The monoisotopic (exact) mass is 617 g/mol. The van der Waals surface area contributed by atoms with Crippen molar-refractivity contribution in [2.75, 3.05) is 50.7 Å². The molecule has 226 valence electrons. The standard InChI is InChI=1S/C28H36ClN7O5S/c1-4-33(5-2)28(39)24-17-35(42(40,41)20-6-7-21-22(29)15-30-23(21)14-20)18-27(38)36(24)16-19-10-12-34(13-11-19)25-8-9-26(37)32(3)31-25/h6-9,14-15,19,24,30H,4-5,10-13,16-18H2,1-3H3. The number of sulfonamides is 1. The number of carbonyl (C=O) groups is 2. The molecule has 1 N–H and O–H groups in total. The topological polar surface area (TPSA) is 132 Å². The Morgan fingerprint density at radius 2 is 1.83 bits per heavy atom. The number of nitrogens with one attached hydrogen (secondary N) is 1. The summed E-state index contributed by atoms with van der Waals surface area (Å²) >= 11 is 6.16. The molecule has 2 aromatic heterocycles. The first-order chi connectivity index (χ1) is 20.0. The number of nitrogens with zero attached hydrogens (tertiary/aromatic N) is 6. The van der Waals surface area contributed by atoms with E-state index in [1.54, 1.807) is 35.2 Å². The van der Waals surface area contributed by atoms with Crippen LogP contribution in [0.15, 0.2) is 46.2 Å². The third kappa shape index (κ3) is 5.77. The molecule has 0 saturated carbocycles. The molecule has 2 amide bonds. The van der Waals surface area contributed by atoms with Crippen molar-refractivity contribution in [1.82, 2.24) is 28.9 Å². The van der Waals surface area contributed by atoms with Gasteiger partial charge in [0.15, 0.2) is 0 Å². The van der Waals surface area contributed by atoms with Gasteiger partial charge in [-0.15, -0.1) is 0 Å². The van der Waals surface area contributed by atoms with Gasteiger partial charge >= 0.3 is 0 Å². The summed E-state index contributed by atoms with van der Waals surface area (Å²) in [5.41, 5.74) is 0.396. The van der Waals surface area contributed by atoms with Crippen LogP contribution >= 0.6 is 11.6 Å². The van der Waals surface area contributed by atoms with E-state index < -0.39 is 16.1 Å². The van der Waals surface area contributed by atoms with Crippen LogP contribution in [-0.4, -0.2) is 101 Å². The van der Waals surface area contributed by atoms with Gasteiger partial charge in [0.1, 0.15) is 11.9 Å². The van der Waals surface area contributed by atoms with Gasteiger partial charge in [-0.05, 0) is 56.9 Å². The number of aryl methyl sites for hydroxylation is 1. The Morgan fingerprint density at radius 1 is 1.12 bits per heavy atom. The summed E-state index contributed by atoms with van der Waals surface area (Å²) in [7, 11) is -2.45. The molecule has 12 nitrogen and oxygen atoms in total. The van der Waals surface area contributed by atoms with E-state index in [-0.39, 0.29) is 41.3 Å². The molecule has 1 atom stereocenters. The second kappa shape index (κ2) is 12.1. The summed E-state index contributed by atoms with van der Waals surface area (Å²) in [4.78, 5) is 47.4. The van der Waals surface area contributed by atoms with Crippen molar-refractivity contribution in [2.45, 2.75) is 37.6 Å². The number of aromatic nitrogens is 3. The van der Waals surface area contributed by atoms with Gasteiger partial charge in [-0.3, -0.25) is 14.4 Å². The number of halogens is 1. The molecule has 0 radical (unpaired) electrons. The van der Waals surface area contributed by atoms with E-state index in [0.29, 0.717) is 48.6 Å². The van der Waals surface area contributed by atoms with Crippen LogP contribution in [0.25, 0.3) is 10.9 Å². The van der Waals surface area contributed by atoms with Gasteiger partial charge in [0.05, 0.1) is 16.5 Å². The summed E-state index contributed by atoms with van der Waals surface area (Å²) in [6.07, 6.45) is 3.12. The van der Waals surface area contributed by atoms with E-state index in [1.807, 2.05) is 13.8 Å². The Kier molecular flexibility index (Phi) is 8.63. The molecule has 42 heavy (non-hydrogen) atoms. The second-order valence-corrected chi connectivity index (χ2v) is 13.1. The fourth-order valence-corrected chi connectivity index (χ4v) is 7.44. The zero-order chi connectivity index (χ0) is 30.2. The fraction of sp³-hybridized carbons (Fsp3) is 0.500. The van der Waals surface area contributed by atoms with Crippen LogP contribution in [0.1, 0.15) is 26.7 Å². The molecule has 0 bridgehead atoms. The fourth-order valence-electron chi connectivity index (χ4n) is 5.80. The zero-order valence-corrected chi connectivity index (χ0v) is 25.6. The van der Waals surface area contributed by atoms with Crippen molar-refractivity contribution in [1.29, 1.82) is 0 Å². The number of rotatable bonds is 8. The lowest BCUT2D eigenvalue weighted by molar-refractivity contribution is -0.150. The van der Waals surface area contributed by atoms with E-state index in [0.717, 1.165) is 23.0 Å². The minimum atomic E-state index is -4.07. The molecular formula is C28H36ClN7O5S. The SMILES string of the molecule is CCN(CC)C(=O)C1CN(S(=O)(=O)c2ccc3c(Cl)c[nH]c3c2)CC(=O)N1CC1CCN(c2ccc(=O)n(C)n2)CC1. The summed E-state index contributed by atoms with van der Waals surface area (Å²) in [5, 5.41) is 5.52.